The van der Waals surface area contributed by atoms with E-state index < -0.39 is 24.4 Å². The topological polar surface area (TPSA) is 66.5 Å². The van der Waals surface area contributed by atoms with Crippen molar-refractivity contribution in [3.05, 3.63) is 23.8 Å². The number of hydrogen-bond donors (Lipinski definition) is 3. The number of phenols is 2. The molecule has 0 unspecified atom stereocenters. The largest absolute Gasteiger partial charge is 0.508 e. The Kier molecular flexibility index (Phi) is 3.09. The van der Waals surface area contributed by atoms with Crippen LogP contribution < -0.4 is 5.73 Å². The van der Waals surface area contributed by atoms with Gasteiger partial charge < -0.3 is 15.9 Å². The van der Waals surface area contributed by atoms with Crippen molar-refractivity contribution in [3.63, 3.8) is 0 Å². The fraction of sp³-hybridized carbons (Fsp3) is 0.333. The van der Waals surface area contributed by atoms with Gasteiger partial charge in [-0.2, -0.15) is 13.2 Å². The molecule has 1 rings (SSSR count). The minimum absolute atomic E-state index is 0.0369. The number of rotatable bonds is 2. The number of benzene rings is 1. The van der Waals surface area contributed by atoms with Crippen molar-refractivity contribution in [2.24, 2.45) is 5.73 Å². The van der Waals surface area contributed by atoms with E-state index >= 15 is 0 Å². The molecule has 6 heteroatoms. The first-order valence-corrected chi connectivity index (χ1v) is 4.14. The SMILES string of the molecule is N[C@H](CC(F)(F)F)c1ccc(O)cc1O. The number of nitrogens with two attached hydrogens (primary N) is 1. The molecule has 0 aliphatic heterocycles. The summed E-state index contributed by atoms with van der Waals surface area (Å²) >= 11 is 0. The number of phenolic OH excluding ortho intramolecular Hbond substituents is 2. The molecule has 1 atom stereocenters. The molecule has 1 aromatic carbocycles. The standard InChI is InChI=1S/C9H10F3NO2/c10-9(11,12)4-7(13)6-2-1-5(14)3-8(6)15/h1-3,7,14-15H,4,13H2/t7-/m1/s1. The van der Waals surface area contributed by atoms with E-state index in [1.165, 1.54) is 12.1 Å². The second-order valence-electron chi connectivity index (χ2n) is 3.17. The van der Waals surface area contributed by atoms with Crippen molar-refractivity contribution >= 4 is 0 Å². The van der Waals surface area contributed by atoms with Crippen molar-refractivity contribution in [2.45, 2.75) is 18.6 Å². The van der Waals surface area contributed by atoms with Gasteiger partial charge in [-0.15, -0.1) is 0 Å². The van der Waals surface area contributed by atoms with Crippen molar-refractivity contribution < 1.29 is 23.4 Å². The normalized spacial score (nSPS) is 13.9. The van der Waals surface area contributed by atoms with Crippen molar-refractivity contribution in [3.8, 4) is 11.5 Å². The lowest BCUT2D eigenvalue weighted by Crippen LogP contribution is -2.20. The monoisotopic (exact) mass is 221 g/mol. The Morgan fingerprint density at radius 1 is 1.27 bits per heavy atom. The first kappa shape index (κ1) is 11.6. The molecule has 4 N–H and O–H groups in total. The Morgan fingerprint density at radius 2 is 1.87 bits per heavy atom. The summed E-state index contributed by atoms with van der Waals surface area (Å²) in [7, 11) is 0. The summed E-state index contributed by atoms with van der Waals surface area (Å²) in [5.74, 6) is -0.665. The van der Waals surface area contributed by atoms with Gasteiger partial charge in [-0.25, -0.2) is 0 Å². The Morgan fingerprint density at radius 3 is 2.33 bits per heavy atom. The molecule has 15 heavy (non-hydrogen) atoms. The molecule has 84 valence electrons. The molecule has 0 fully saturated rings. The Labute approximate surface area is 84.0 Å². The maximum absolute atomic E-state index is 12.0. The summed E-state index contributed by atoms with van der Waals surface area (Å²) in [4.78, 5) is 0. The number of aromatic hydroxyl groups is 2. The average Bonchev–Trinajstić information content (AvgIpc) is 1.99. The quantitative estimate of drug-likeness (QED) is 0.716. The van der Waals surface area contributed by atoms with Gasteiger partial charge >= 0.3 is 6.18 Å². The molecule has 0 aliphatic rings. The summed E-state index contributed by atoms with van der Waals surface area (Å²) < 4.78 is 36.0. The number of halogens is 3. The predicted octanol–water partition coefficient (Wildman–Crippen LogP) is 2.05. The van der Waals surface area contributed by atoms with E-state index in [9.17, 15) is 18.3 Å². The van der Waals surface area contributed by atoms with Crippen LogP contribution in [0, 0.1) is 0 Å². The molecular weight excluding hydrogens is 211 g/mol. The van der Waals surface area contributed by atoms with Crippen LogP contribution in [0.3, 0.4) is 0 Å². The smallest absolute Gasteiger partial charge is 0.390 e. The molecule has 0 spiro atoms. The fourth-order valence-corrected chi connectivity index (χ4v) is 1.20. The summed E-state index contributed by atoms with van der Waals surface area (Å²) in [5, 5.41) is 18.2. The first-order chi connectivity index (χ1) is 6.79. The number of alkyl halides is 3. The van der Waals surface area contributed by atoms with Crippen LogP contribution in [0.2, 0.25) is 0 Å². The second kappa shape index (κ2) is 3.98. The van der Waals surface area contributed by atoms with Crippen LogP contribution >= 0.6 is 0 Å². The van der Waals surface area contributed by atoms with E-state index in [1.54, 1.807) is 0 Å². The molecule has 0 heterocycles. The fourth-order valence-electron chi connectivity index (χ4n) is 1.20. The highest BCUT2D eigenvalue weighted by molar-refractivity contribution is 5.40. The summed E-state index contributed by atoms with van der Waals surface area (Å²) in [6, 6.07) is 1.96. The van der Waals surface area contributed by atoms with Gasteiger partial charge in [-0.05, 0) is 6.07 Å². The highest BCUT2D eigenvalue weighted by Gasteiger charge is 2.31. The van der Waals surface area contributed by atoms with E-state index in [-0.39, 0.29) is 11.3 Å². The Bertz CT molecular complexity index is 352. The van der Waals surface area contributed by atoms with Gasteiger partial charge in [-0.3, -0.25) is 0 Å². The van der Waals surface area contributed by atoms with Crippen LogP contribution in [0.25, 0.3) is 0 Å². The lowest BCUT2D eigenvalue weighted by molar-refractivity contribution is -0.138. The maximum Gasteiger partial charge on any atom is 0.390 e. The first-order valence-electron chi connectivity index (χ1n) is 4.14. The van der Waals surface area contributed by atoms with Gasteiger partial charge in [0.1, 0.15) is 11.5 Å². The molecule has 0 saturated heterocycles. The minimum atomic E-state index is -4.39. The molecule has 0 radical (unpaired) electrons. The number of hydrogen-bond acceptors (Lipinski definition) is 3. The van der Waals surface area contributed by atoms with Crippen LogP contribution in [0.4, 0.5) is 13.2 Å². The van der Waals surface area contributed by atoms with Crippen molar-refractivity contribution in [2.75, 3.05) is 0 Å². The second-order valence-corrected chi connectivity index (χ2v) is 3.17. The van der Waals surface area contributed by atoms with E-state index in [4.69, 9.17) is 10.8 Å². The van der Waals surface area contributed by atoms with Crippen LogP contribution in [-0.2, 0) is 0 Å². The third-order valence-corrected chi connectivity index (χ3v) is 1.86. The van der Waals surface area contributed by atoms with Gasteiger partial charge in [-0.1, -0.05) is 6.07 Å². The van der Waals surface area contributed by atoms with Crippen LogP contribution in [0.15, 0.2) is 18.2 Å². The molecule has 3 nitrogen and oxygen atoms in total. The predicted molar refractivity (Wildman–Crippen MR) is 47.4 cm³/mol. The summed E-state index contributed by atoms with van der Waals surface area (Å²) in [6.07, 6.45) is -5.60. The van der Waals surface area contributed by atoms with E-state index in [2.05, 4.69) is 0 Å². The Balaban J connectivity index is 2.87. The Hall–Kier alpha value is -1.43. The lowest BCUT2D eigenvalue weighted by atomic mass is 10.0. The molecule has 0 aliphatic carbocycles. The zero-order valence-corrected chi connectivity index (χ0v) is 7.62. The molecule has 0 amide bonds. The highest BCUT2D eigenvalue weighted by atomic mass is 19.4. The zero-order chi connectivity index (χ0) is 11.6. The van der Waals surface area contributed by atoms with E-state index in [1.807, 2.05) is 0 Å². The summed E-state index contributed by atoms with van der Waals surface area (Å²) in [5.41, 5.74) is 5.23. The molecule has 0 bridgehead atoms. The van der Waals surface area contributed by atoms with Crippen molar-refractivity contribution in [1.82, 2.24) is 0 Å². The molecule has 0 aromatic heterocycles. The average molecular weight is 221 g/mol. The van der Waals surface area contributed by atoms with E-state index in [0.29, 0.717) is 0 Å². The van der Waals surface area contributed by atoms with E-state index in [0.717, 1.165) is 6.07 Å². The van der Waals surface area contributed by atoms with Crippen LogP contribution in [-0.4, -0.2) is 16.4 Å². The minimum Gasteiger partial charge on any atom is -0.508 e. The highest BCUT2D eigenvalue weighted by Crippen LogP contribution is 2.33. The maximum atomic E-state index is 12.0. The molecule has 1 aromatic rings. The van der Waals surface area contributed by atoms with Gasteiger partial charge in [0, 0.05) is 17.7 Å². The molecule has 0 saturated carbocycles. The van der Waals surface area contributed by atoms with Crippen LogP contribution in [0.1, 0.15) is 18.0 Å². The summed E-state index contributed by atoms with van der Waals surface area (Å²) in [6.45, 7) is 0. The van der Waals surface area contributed by atoms with Gasteiger partial charge in [0.15, 0.2) is 0 Å². The lowest BCUT2D eigenvalue weighted by Gasteiger charge is -2.15. The third kappa shape index (κ3) is 3.32. The zero-order valence-electron chi connectivity index (χ0n) is 7.62. The van der Waals surface area contributed by atoms with Gasteiger partial charge in [0.2, 0.25) is 0 Å². The van der Waals surface area contributed by atoms with Gasteiger partial charge in [0.25, 0.3) is 0 Å². The van der Waals surface area contributed by atoms with Gasteiger partial charge in [0.05, 0.1) is 6.42 Å². The molecular formula is C9H10F3NO2. The van der Waals surface area contributed by atoms with Crippen LogP contribution in [0.5, 0.6) is 11.5 Å². The third-order valence-electron chi connectivity index (χ3n) is 1.86. The van der Waals surface area contributed by atoms with Crippen molar-refractivity contribution in [1.29, 1.82) is 0 Å².